The molecule has 0 saturated heterocycles. The molecule has 2 heteroatoms. The fourth-order valence-corrected chi connectivity index (χ4v) is 1.76. The van der Waals surface area contributed by atoms with Crippen LogP contribution in [0.2, 0.25) is 0 Å². The maximum absolute atomic E-state index is 9.20. The SMILES string of the molecule is NCc1ccccc1Cc1ccc(O)cc1. The van der Waals surface area contributed by atoms with E-state index in [9.17, 15) is 5.11 Å². The quantitative estimate of drug-likeness (QED) is 0.822. The molecule has 16 heavy (non-hydrogen) atoms. The Kier molecular flexibility index (Phi) is 3.22. The summed E-state index contributed by atoms with van der Waals surface area (Å²) in [4.78, 5) is 0. The Bertz CT molecular complexity index is 462. The molecule has 0 spiro atoms. The van der Waals surface area contributed by atoms with Gasteiger partial charge < -0.3 is 10.8 Å². The van der Waals surface area contributed by atoms with Crippen molar-refractivity contribution in [3.05, 3.63) is 65.2 Å². The molecule has 0 saturated carbocycles. The molecule has 82 valence electrons. The van der Waals surface area contributed by atoms with Gasteiger partial charge >= 0.3 is 0 Å². The van der Waals surface area contributed by atoms with E-state index < -0.39 is 0 Å². The van der Waals surface area contributed by atoms with Gasteiger partial charge in [0.15, 0.2) is 0 Å². The van der Waals surface area contributed by atoms with Gasteiger partial charge in [-0.3, -0.25) is 0 Å². The van der Waals surface area contributed by atoms with Gasteiger partial charge in [-0.25, -0.2) is 0 Å². The molecule has 0 amide bonds. The second-order valence-electron chi connectivity index (χ2n) is 3.82. The summed E-state index contributed by atoms with van der Waals surface area (Å²) in [6.45, 7) is 0.564. The zero-order valence-electron chi connectivity index (χ0n) is 9.06. The summed E-state index contributed by atoms with van der Waals surface area (Å²) >= 11 is 0. The normalized spacial score (nSPS) is 10.3. The first-order valence-electron chi connectivity index (χ1n) is 5.34. The predicted molar refractivity (Wildman–Crippen MR) is 65.2 cm³/mol. The Morgan fingerprint density at radius 1 is 0.875 bits per heavy atom. The Morgan fingerprint density at radius 3 is 2.12 bits per heavy atom. The number of aromatic hydroxyl groups is 1. The zero-order chi connectivity index (χ0) is 11.4. The van der Waals surface area contributed by atoms with E-state index in [1.165, 1.54) is 16.7 Å². The summed E-state index contributed by atoms with van der Waals surface area (Å²) in [5, 5.41) is 9.20. The third-order valence-electron chi connectivity index (χ3n) is 2.67. The van der Waals surface area contributed by atoms with Crippen LogP contribution in [0.3, 0.4) is 0 Å². The highest BCUT2D eigenvalue weighted by molar-refractivity contribution is 5.34. The number of hydrogen-bond acceptors (Lipinski definition) is 2. The minimum absolute atomic E-state index is 0.302. The maximum Gasteiger partial charge on any atom is 0.115 e. The monoisotopic (exact) mass is 213 g/mol. The van der Waals surface area contributed by atoms with Crippen molar-refractivity contribution in [2.75, 3.05) is 0 Å². The Hall–Kier alpha value is -1.80. The lowest BCUT2D eigenvalue weighted by Crippen LogP contribution is -2.01. The third-order valence-corrected chi connectivity index (χ3v) is 2.67. The van der Waals surface area contributed by atoms with Crippen LogP contribution in [0.1, 0.15) is 16.7 Å². The molecular weight excluding hydrogens is 198 g/mol. The van der Waals surface area contributed by atoms with Crippen LogP contribution in [0.15, 0.2) is 48.5 Å². The molecule has 2 rings (SSSR count). The highest BCUT2D eigenvalue weighted by Gasteiger charge is 2.01. The zero-order valence-corrected chi connectivity index (χ0v) is 9.06. The molecule has 0 aliphatic carbocycles. The number of rotatable bonds is 3. The van der Waals surface area contributed by atoms with Crippen LogP contribution in [-0.4, -0.2) is 5.11 Å². The van der Waals surface area contributed by atoms with E-state index in [2.05, 4.69) is 12.1 Å². The topological polar surface area (TPSA) is 46.2 Å². The number of hydrogen-bond donors (Lipinski definition) is 2. The number of nitrogens with two attached hydrogens (primary N) is 1. The Balaban J connectivity index is 2.23. The van der Waals surface area contributed by atoms with Crippen LogP contribution >= 0.6 is 0 Å². The lowest BCUT2D eigenvalue weighted by Gasteiger charge is -2.07. The van der Waals surface area contributed by atoms with Gasteiger partial charge in [0.2, 0.25) is 0 Å². The molecule has 0 bridgehead atoms. The van der Waals surface area contributed by atoms with Gasteiger partial charge in [0.1, 0.15) is 5.75 Å². The van der Waals surface area contributed by atoms with E-state index in [4.69, 9.17) is 5.73 Å². The highest BCUT2D eigenvalue weighted by Crippen LogP contribution is 2.16. The summed E-state index contributed by atoms with van der Waals surface area (Å²) in [6.07, 6.45) is 0.855. The first kappa shape index (κ1) is 10.7. The smallest absolute Gasteiger partial charge is 0.115 e. The van der Waals surface area contributed by atoms with E-state index >= 15 is 0 Å². The van der Waals surface area contributed by atoms with Crippen molar-refractivity contribution in [3.63, 3.8) is 0 Å². The standard InChI is InChI=1S/C14H15NO/c15-10-13-4-2-1-3-12(13)9-11-5-7-14(16)8-6-11/h1-8,16H,9-10,15H2. The Labute approximate surface area is 95.4 Å². The Morgan fingerprint density at radius 2 is 1.50 bits per heavy atom. The van der Waals surface area contributed by atoms with Crippen LogP contribution in [-0.2, 0) is 13.0 Å². The molecular formula is C14H15NO. The molecule has 2 nitrogen and oxygen atoms in total. The molecule has 0 aromatic heterocycles. The largest absolute Gasteiger partial charge is 0.508 e. The molecule has 2 aromatic rings. The molecule has 3 N–H and O–H groups in total. The summed E-state index contributed by atoms with van der Waals surface area (Å²) in [7, 11) is 0. The molecule has 2 aromatic carbocycles. The van der Waals surface area contributed by atoms with Crippen molar-refractivity contribution in [1.82, 2.24) is 0 Å². The number of phenolic OH excluding ortho intramolecular Hbond substituents is 1. The minimum atomic E-state index is 0.302. The van der Waals surface area contributed by atoms with E-state index in [1.54, 1.807) is 12.1 Å². The summed E-state index contributed by atoms with van der Waals surface area (Å²) in [5.41, 5.74) is 9.29. The fraction of sp³-hybridized carbons (Fsp3) is 0.143. The van der Waals surface area contributed by atoms with Crippen molar-refractivity contribution >= 4 is 0 Å². The van der Waals surface area contributed by atoms with Gasteiger partial charge in [-0.2, -0.15) is 0 Å². The summed E-state index contributed by atoms with van der Waals surface area (Å²) in [5.74, 6) is 0.302. The van der Waals surface area contributed by atoms with Crippen LogP contribution in [0, 0.1) is 0 Å². The number of benzene rings is 2. The molecule has 0 aliphatic heterocycles. The maximum atomic E-state index is 9.20. The molecule has 0 aliphatic rings. The highest BCUT2D eigenvalue weighted by atomic mass is 16.3. The van der Waals surface area contributed by atoms with E-state index in [0.717, 1.165) is 6.42 Å². The van der Waals surface area contributed by atoms with Gasteiger partial charge in [0, 0.05) is 6.54 Å². The molecule has 0 fully saturated rings. The first-order valence-corrected chi connectivity index (χ1v) is 5.34. The molecule has 0 radical (unpaired) electrons. The van der Waals surface area contributed by atoms with Gasteiger partial charge in [-0.1, -0.05) is 36.4 Å². The molecule has 0 atom stereocenters. The minimum Gasteiger partial charge on any atom is -0.508 e. The van der Waals surface area contributed by atoms with Crippen molar-refractivity contribution in [3.8, 4) is 5.75 Å². The van der Waals surface area contributed by atoms with E-state index in [1.807, 2.05) is 24.3 Å². The van der Waals surface area contributed by atoms with E-state index in [0.29, 0.717) is 12.3 Å². The van der Waals surface area contributed by atoms with Crippen molar-refractivity contribution in [2.24, 2.45) is 5.73 Å². The first-order chi connectivity index (χ1) is 7.79. The summed E-state index contributed by atoms with van der Waals surface area (Å²) < 4.78 is 0. The third kappa shape index (κ3) is 2.41. The lowest BCUT2D eigenvalue weighted by molar-refractivity contribution is 0.475. The molecule has 0 heterocycles. The van der Waals surface area contributed by atoms with Gasteiger partial charge in [0.25, 0.3) is 0 Å². The number of phenols is 1. The second kappa shape index (κ2) is 4.81. The van der Waals surface area contributed by atoms with Crippen molar-refractivity contribution in [2.45, 2.75) is 13.0 Å². The lowest BCUT2D eigenvalue weighted by atomic mass is 10.00. The van der Waals surface area contributed by atoms with Crippen LogP contribution in [0.5, 0.6) is 5.75 Å². The van der Waals surface area contributed by atoms with Gasteiger partial charge in [-0.05, 0) is 35.2 Å². The van der Waals surface area contributed by atoms with Gasteiger partial charge in [-0.15, -0.1) is 0 Å². The predicted octanol–water partition coefficient (Wildman–Crippen LogP) is 2.44. The van der Waals surface area contributed by atoms with Crippen molar-refractivity contribution < 1.29 is 5.11 Å². The van der Waals surface area contributed by atoms with Crippen LogP contribution in [0.4, 0.5) is 0 Å². The van der Waals surface area contributed by atoms with Gasteiger partial charge in [0.05, 0.1) is 0 Å². The van der Waals surface area contributed by atoms with Crippen molar-refractivity contribution in [1.29, 1.82) is 0 Å². The fourth-order valence-electron chi connectivity index (χ4n) is 1.76. The van der Waals surface area contributed by atoms with Crippen LogP contribution in [0.25, 0.3) is 0 Å². The average Bonchev–Trinajstić information content (AvgIpc) is 2.33. The van der Waals surface area contributed by atoms with Crippen LogP contribution < -0.4 is 5.73 Å². The summed E-state index contributed by atoms with van der Waals surface area (Å²) in [6, 6.07) is 15.5. The average molecular weight is 213 g/mol. The molecule has 0 unspecified atom stereocenters. The second-order valence-corrected chi connectivity index (χ2v) is 3.82. The van der Waals surface area contributed by atoms with E-state index in [-0.39, 0.29) is 0 Å².